The van der Waals surface area contributed by atoms with Crippen LogP contribution < -0.4 is 15.6 Å². The minimum absolute atomic E-state index is 0.0316. The molecule has 6 nitrogen and oxygen atoms in total. The number of carbonyl (C=O) groups excluding carboxylic acids is 1. The maximum absolute atomic E-state index is 12.9. The molecule has 158 valence electrons. The standard InChI is InChI=1S/C25H25N3O3/c1-31-21-9-7-18(8-10-21)22-11-12-23(29)28-15-17-13-19(24(22)28)16-27(14-17)25(30)26-20-5-3-2-4-6-20/h2-12,17,19H,13-16H2,1H3,(H,26,30)/t17-,19+/m0/s1. The lowest BCUT2D eigenvalue weighted by molar-refractivity contribution is 0.140. The maximum Gasteiger partial charge on any atom is 0.321 e. The number of nitrogens with one attached hydrogen (secondary N) is 1. The van der Waals surface area contributed by atoms with Crippen LogP contribution in [0.1, 0.15) is 18.0 Å². The monoisotopic (exact) mass is 415 g/mol. The van der Waals surface area contributed by atoms with Crippen LogP contribution >= 0.6 is 0 Å². The molecule has 2 aliphatic heterocycles. The van der Waals surface area contributed by atoms with Gasteiger partial charge in [-0.05, 0) is 48.2 Å². The minimum Gasteiger partial charge on any atom is -0.497 e. The summed E-state index contributed by atoms with van der Waals surface area (Å²) in [4.78, 5) is 27.5. The summed E-state index contributed by atoms with van der Waals surface area (Å²) in [6.07, 6.45) is 0.988. The Bertz CT molecular complexity index is 1150. The highest BCUT2D eigenvalue weighted by Crippen LogP contribution is 2.40. The molecule has 0 radical (unpaired) electrons. The summed E-state index contributed by atoms with van der Waals surface area (Å²) in [6.45, 7) is 1.90. The van der Waals surface area contributed by atoms with Crippen LogP contribution in [0.15, 0.2) is 71.5 Å². The summed E-state index contributed by atoms with van der Waals surface area (Å²) in [6, 6.07) is 20.9. The smallest absolute Gasteiger partial charge is 0.321 e. The number of ether oxygens (including phenoxy) is 1. The predicted molar refractivity (Wildman–Crippen MR) is 121 cm³/mol. The van der Waals surface area contributed by atoms with Crippen molar-refractivity contribution in [3.05, 3.63) is 82.8 Å². The molecule has 2 amide bonds. The van der Waals surface area contributed by atoms with Crippen LogP contribution in [0.25, 0.3) is 11.1 Å². The van der Waals surface area contributed by atoms with Crippen LogP contribution in [0.3, 0.4) is 0 Å². The van der Waals surface area contributed by atoms with Crippen molar-refractivity contribution in [1.82, 2.24) is 9.47 Å². The molecule has 2 aliphatic rings. The number of pyridine rings is 1. The van der Waals surface area contributed by atoms with Crippen molar-refractivity contribution < 1.29 is 9.53 Å². The number of likely N-dealkylation sites (tertiary alicyclic amines) is 1. The maximum atomic E-state index is 12.9. The lowest BCUT2D eigenvalue weighted by atomic mass is 9.80. The Hall–Kier alpha value is -3.54. The van der Waals surface area contributed by atoms with E-state index in [0.717, 1.165) is 34.7 Å². The zero-order valence-electron chi connectivity index (χ0n) is 17.5. The lowest BCUT2D eigenvalue weighted by Gasteiger charge is -2.43. The van der Waals surface area contributed by atoms with E-state index in [0.29, 0.717) is 19.6 Å². The number of hydrogen-bond acceptors (Lipinski definition) is 3. The molecule has 2 atom stereocenters. The zero-order valence-corrected chi connectivity index (χ0v) is 17.5. The van der Waals surface area contributed by atoms with Crippen molar-refractivity contribution in [2.75, 3.05) is 25.5 Å². The number of fused-ring (bicyclic) bond motifs is 4. The van der Waals surface area contributed by atoms with E-state index in [1.54, 1.807) is 13.2 Å². The molecule has 0 saturated carbocycles. The highest BCUT2D eigenvalue weighted by atomic mass is 16.5. The first-order valence-corrected chi connectivity index (χ1v) is 10.6. The number of hydrogen-bond donors (Lipinski definition) is 1. The fourth-order valence-corrected chi connectivity index (χ4v) is 4.92. The van der Waals surface area contributed by atoms with E-state index in [2.05, 4.69) is 5.32 Å². The van der Waals surface area contributed by atoms with Gasteiger partial charge in [-0.3, -0.25) is 4.79 Å². The Morgan fingerprint density at radius 3 is 2.48 bits per heavy atom. The van der Waals surface area contributed by atoms with Crippen LogP contribution in [-0.2, 0) is 6.54 Å². The summed E-state index contributed by atoms with van der Waals surface area (Å²) in [7, 11) is 1.65. The molecule has 6 heteroatoms. The molecular weight excluding hydrogens is 390 g/mol. The third kappa shape index (κ3) is 3.69. The molecular formula is C25H25N3O3. The summed E-state index contributed by atoms with van der Waals surface area (Å²) in [5, 5.41) is 3.00. The first-order valence-electron chi connectivity index (χ1n) is 10.6. The third-order valence-electron chi connectivity index (χ3n) is 6.30. The van der Waals surface area contributed by atoms with Gasteiger partial charge in [0.25, 0.3) is 5.56 Å². The molecule has 31 heavy (non-hydrogen) atoms. The van der Waals surface area contributed by atoms with E-state index in [4.69, 9.17) is 4.74 Å². The van der Waals surface area contributed by atoms with E-state index < -0.39 is 0 Å². The largest absolute Gasteiger partial charge is 0.497 e. The SMILES string of the molecule is COc1ccc(-c2ccc(=O)n3c2[C@@H]2C[C@@H](CN(C(=O)Nc4ccccc4)C2)C3)cc1. The van der Waals surface area contributed by atoms with Crippen molar-refractivity contribution in [2.24, 2.45) is 5.92 Å². The number of urea groups is 1. The molecule has 1 fully saturated rings. The molecule has 1 saturated heterocycles. The first kappa shape index (κ1) is 19.4. The van der Waals surface area contributed by atoms with Crippen molar-refractivity contribution >= 4 is 11.7 Å². The average molecular weight is 415 g/mol. The third-order valence-corrected chi connectivity index (χ3v) is 6.30. The molecule has 3 aromatic rings. The van der Waals surface area contributed by atoms with Gasteiger partial charge in [-0.25, -0.2) is 4.79 Å². The molecule has 1 N–H and O–H groups in total. The normalized spacial score (nSPS) is 19.5. The number of anilines is 1. The molecule has 3 heterocycles. The number of benzene rings is 2. The van der Waals surface area contributed by atoms with Crippen LogP contribution in [0.2, 0.25) is 0 Å². The Kier molecular flexibility index (Phi) is 4.98. The van der Waals surface area contributed by atoms with Gasteiger partial charge >= 0.3 is 6.03 Å². The summed E-state index contributed by atoms with van der Waals surface area (Å²) >= 11 is 0. The number of aromatic nitrogens is 1. The number of methoxy groups -OCH3 is 1. The Morgan fingerprint density at radius 1 is 0.968 bits per heavy atom. The molecule has 2 bridgehead atoms. The van der Waals surface area contributed by atoms with Gasteiger partial charge in [0.05, 0.1) is 7.11 Å². The minimum atomic E-state index is -0.0846. The molecule has 0 spiro atoms. The Labute approximate surface area is 181 Å². The van der Waals surface area contributed by atoms with Gasteiger partial charge < -0.3 is 19.5 Å². The second kappa shape index (κ2) is 7.95. The number of rotatable bonds is 3. The predicted octanol–water partition coefficient (Wildman–Crippen LogP) is 4.18. The van der Waals surface area contributed by atoms with Crippen LogP contribution in [0, 0.1) is 5.92 Å². The summed E-state index contributed by atoms with van der Waals surface area (Å²) < 4.78 is 7.21. The molecule has 0 aliphatic carbocycles. The van der Waals surface area contributed by atoms with Crippen molar-refractivity contribution in [1.29, 1.82) is 0 Å². The average Bonchev–Trinajstić information content (AvgIpc) is 2.80. The molecule has 1 aromatic heterocycles. The van der Waals surface area contributed by atoms with Crippen molar-refractivity contribution in [3.63, 3.8) is 0 Å². The van der Waals surface area contributed by atoms with Gasteiger partial charge in [-0.15, -0.1) is 0 Å². The Morgan fingerprint density at radius 2 is 1.74 bits per heavy atom. The number of carbonyl (C=O) groups is 1. The molecule has 0 unspecified atom stereocenters. The first-order chi connectivity index (χ1) is 15.1. The van der Waals surface area contributed by atoms with Gasteiger partial charge in [0.15, 0.2) is 0 Å². The quantitative estimate of drug-likeness (QED) is 0.698. The van der Waals surface area contributed by atoms with Gasteiger partial charge in [-0.2, -0.15) is 0 Å². The highest BCUT2D eigenvalue weighted by Gasteiger charge is 2.37. The van der Waals surface area contributed by atoms with E-state index >= 15 is 0 Å². The molecule has 2 aromatic carbocycles. The van der Waals surface area contributed by atoms with Crippen LogP contribution in [0.5, 0.6) is 5.75 Å². The summed E-state index contributed by atoms with van der Waals surface area (Å²) in [5.41, 5.74) is 3.96. The lowest BCUT2D eigenvalue weighted by Crippen LogP contribution is -2.50. The number of piperidine rings is 1. The second-order valence-corrected chi connectivity index (χ2v) is 8.31. The van der Waals surface area contributed by atoms with Gasteiger partial charge in [-0.1, -0.05) is 30.3 Å². The zero-order chi connectivity index (χ0) is 21.4. The van der Waals surface area contributed by atoms with Gasteiger partial charge in [0, 0.05) is 48.6 Å². The van der Waals surface area contributed by atoms with E-state index in [1.807, 2.05) is 70.1 Å². The fraction of sp³-hybridized carbons (Fsp3) is 0.280. The van der Waals surface area contributed by atoms with E-state index in [-0.39, 0.29) is 23.4 Å². The number of para-hydroxylation sites is 1. The Balaban J connectivity index is 1.47. The second-order valence-electron chi connectivity index (χ2n) is 8.31. The van der Waals surface area contributed by atoms with Gasteiger partial charge in [0.2, 0.25) is 0 Å². The fourth-order valence-electron chi connectivity index (χ4n) is 4.92. The number of amides is 2. The van der Waals surface area contributed by atoms with Gasteiger partial charge in [0.1, 0.15) is 5.75 Å². The summed E-state index contributed by atoms with van der Waals surface area (Å²) in [5.74, 6) is 1.20. The van der Waals surface area contributed by atoms with Crippen molar-refractivity contribution in [2.45, 2.75) is 18.9 Å². The number of nitrogens with zero attached hydrogens (tertiary/aromatic N) is 2. The van der Waals surface area contributed by atoms with Crippen molar-refractivity contribution in [3.8, 4) is 16.9 Å². The van der Waals surface area contributed by atoms with Crippen LogP contribution in [0.4, 0.5) is 10.5 Å². The highest BCUT2D eigenvalue weighted by molar-refractivity contribution is 5.89. The topological polar surface area (TPSA) is 63.6 Å². The van der Waals surface area contributed by atoms with E-state index in [1.165, 1.54) is 0 Å². The molecule has 5 rings (SSSR count). The van der Waals surface area contributed by atoms with Crippen LogP contribution in [-0.4, -0.2) is 35.7 Å². The van der Waals surface area contributed by atoms with E-state index in [9.17, 15) is 9.59 Å².